The second-order valence-corrected chi connectivity index (χ2v) is 5.30. The number of rotatable bonds is 4. The van der Waals surface area contributed by atoms with Crippen molar-refractivity contribution in [3.63, 3.8) is 0 Å². The van der Waals surface area contributed by atoms with Crippen molar-refractivity contribution in [2.45, 2.75) is 6.42 Å². The minimum Gasteiger partial charge on any atom is -0.497 e. The summed E-state index contributed by atoms with van der Waals surface area (Å²) >= 11 is 1.64. The molecule has 0 saturated carbocycles. The summed E-state index contributed by atoms with van der Waals surface area (Å²) in [6, 6.07) is 10.0. The number of fused-ring (bicyclic) bond motifs is 1. The van der Waals surface area contributed by atoms with E-state index in [-0.39, 0.29) is 0 Å². The van der Waals surface area contributed by atoms with Crippen molar-refractivity contribution >= 4 is 27.4 Å². The van der Waals surface area contributed by atoms with Crippen molar-refractivity contribution in [2.75, 3.05) is 19.5 Å². The molecule has 0 aliphatic heterocycles. The quantitative estimate of drug-likeness (QED) is 0.798. The Labute approximate surface area is 121 Å². The first-order valence-electron chi connectivity index (χ1n) is 6.35. The topological polar surface area (TPSA) is 47.0 Å². The Morgan fingerprint density at radius 3 is 2.65 bits per heavy atom. The van der Waals surface area contributed by atoms with Crippen LogP contribution in [-0.4, -0.2) is 24.1 Å². The molecule has 2 aromatic heterocycles. The van der Waals surface area contributed by atoms with Gasteiger partial charge in [-0.15, -0.1) is 11.3 Å². The first-order valence-corrected chi connectivity index (χ1v) is 7.23. The van der Waals surface area contributed by atoms with E-state index in [9.17, 15) is 0 Å². The number of thiophene rings is 1. The number of hydrogen-bond donors (Lipinski definition) is 1. The summed E-state index contributed by atoms with van der Waals surface area (Å²) < 4.78 is 5.16. The van der Waals surface area contributed by atoms with Gasteiger partial charge in [-0.25, -0.2) is 9.97 Å². The molecule has 102 valence electrons. The molecule has 20 heavy (non-hydrogen) atoms. The lowest BCUT2D eigenvalue weighted by atomic mass is 10.1. The van der Waals surface area contributed by atoms with E-state index >= 15 is 0 Å². The van der Waals surface area contributed by atoms with E-state index in [1.54, 1.807) is 18.4 Å². The molecule has 0 aliphatic carbocycles. The summed E-state index contributed by atoms with van der Waals surface area (Å²) in [7, 11) is 3.55. The highest BCUT2D eigenvalue weighted by Crippen LogP contribution is 2.25. The molecule has 3 aromatic rings. The van der Waals surface area contributed by atoms with Crippen LogP contribution in [0.4, 0.5) is 5.82 Å². The molecule has 2 heterocycles. The Morgan fingerprint density at radius 2 is 1.95 bits per heavy atom. The molecule has 4 nitrogen and oxygen atoms in total. The van der Waals surface area contributed by atoms with Gasteiger partial charge in [-0.3, -0.25) is 0 Å². The monoisotopic (exact) mass is 285 g/mol. The smallest absolute Gasteiger partial charge is 0.138 e. The maximum absolute atomic E-state index is 5.16. The van der Waals surface area contributed by atoms with E-state index in [2.05, 4.69) is 15.3 Å². The molecule has 0 fully saturated rings. The van der Waals surface area contributed by atoms with Gasteiger partial charge >= 0.3 is 0 Å². The Morgan fingerprint density at radius 1 is 1.15 bits per heavy atom. The fourth-order valence-electron chi connectivity index (χ4n) is 2.10. The predicted molar refractivity (Wildman–Crippen MR) is 82.8 cm³/mol. The van der Waals surface area contributed by atoms with Gasteiger partial charge in [-0.05, 0) is 29.1 Å². The molecule has 0 spiro atoms. The van der Waals surface area contributed by atoms with Gasteiger partial charge in [0.25, 0.3) is 0 Å². The van der Waals surface area contributed by atoms with Crippen molar-refractivity contribution in [1.29, 1.82) is 0 Å². The van der Waals surface area contributed by atoms with Crippen LogP contribution in [0.15, 0.2) is 35.7 Å². The number of hydrogen-bond acceptors (Lipinski definition) is 5. The number of ether oxygens (including phenoxy) is 1. The van der Waals surface area contributed by atoms with Crippen molar-refractivity contribution < 1.29 is 4.74 Å². The molecule has 3 rings (SSSR count). The molecular weight excluding hydrogens is 270 g/mol. The van der Waals surface area contributed by atoms with Gasteiger partial charge in [-0.2, -0.15) is 0 Å². The van der Waals surface area contributed by atoms with Crippen molar-refractivity contribution in [1.82, 2.24) is 9.97 Å². The van der Waals surface area contributed by atoms with Crippen molar-refractivity contribution in [3.8, 4) is 5.75 Å². The largest absolute Gasteiger partial charge is 0.497 e. The molecule has 0 aliphatic rings. The molecule has 0 radical (unpaired) electrons. The normalized spacial score (nSPS) is 10.7. The zero-order valence-corrected chi connectivity index (χ0v) is 12.2. The lowest BCUT2D eigenvalue weighted by molar-refractivity contribution is 0.414. The van der Waals surface area contributed by atoms with Crippen LogP contribution in [0.3, 0.4) is 0 Å². The molecular formula is C15H15N3OS. The average molecular weight is 285 g/mol. The maximum atomic E-state index is 5.16. The van der Waals surface area contributed by atoms with Gasteiger partial charge < -0.3 is 10.1 Å². The summed E-state index contributed by atoms with van der Waals surface area (Å²) in [5.41, 5.74) is 1.17. The zero-order valence-electron chi connectivity index (χ0n) is 11.4. The Kier molecular flexibility index (Phi) is 3.52. The Hall–Kier alpha value is -2.14. The first kappa shape index (κ1) is 12.9. The predicted octanol–water partition coefficient (Wildman–Crippen LogP) is 3.33. The summed E-state index contributed by atoms with van der Waals surface area (Å²) in [6.07, 6.45) is 0.715. The molecule has 0 unspecified atom stereocenters. The van der Waals surface area contributed by atoms with Crippen LogP contribution in [-0.2, 0) is 6.42 Å². The summed E-state index contributed by atoms with van der Waals surface area (Å²) in [5, 5.41) is 6.25. The number of nitrogens with zero attached hydrogens (tertiary/aromatic N) is 2. The number of nitrogens with one attached hydrogen (secondary N) is 1. The summed E-state index contributed by atoms with van der Waals surface area (Å²) in [4.78, 5) is 10.2. The minimum atomic E-state index is 0.715. The zero-order chi connectivity index (χ0) is 13.9. The van der Waals surface area contributed by atoms with Gasteiger partial charge in [-0.1, -0.05) is 12.1 Å². The molecule has 0 saturated heterocycles. The van der Waals surface area contributed by atoms with Crippen LogP contribution >= 0.6 is 11.3 Å². The number of anilines is 1. The molecule has 0 bridgehead atoms. The summed E-state index contributed by atoms with van der Waals surface area (Å²) in [6.45, 7) is 0. The van der Waals surface area contributed by atoms with Crippen LogP contribution in [0.5, 0.6) is 5.75 Å². The molecule has 0 amide bonds. The van der Waals surface area contributed by atoms with Gasteiger partial charge in [0, 0.05) is 13.5 Å². The van der Waals surface area contributed by atoms with E-state index in [4.69, 9.17) is 4.74 Å². The lowest BCUT2D eigenvalue weighted by Crippen LogP contribution is -2.01. The third-order valence-electron chi connectivity index (χ3n) is 3.13. The lowest BCUT2D eigenvalue weighted by Gasteiger charge is -2.06. The number of benzene rings is 1. The summed E-state index contributed by atoms with van der Waals surface area (Å²) in [5.74, 6) is 2.58. The van der Waals surface area contributed by atoms with Crippen molar-refractivity contribution in [3.05, 3.63) is 47.1 Å². The number of aromatic nitrogens is 2. The Balaban J connectivity index is 1.93. The van der Waals surface area contributed by atoms with E-state index < -0.39 is 0 Å². The SMILES string of the molecule is CNc1nc(Cc2ccc(OC)cc2)nc2sccc12. The van der Waals surface area contributed by atoms with Crippen LogP contribution in [0.25, 0.3) is 10.2 Å². The highest BCUT2D eigenvalue weighted by Gasteiger charge is 2.08. The first-order chi connectivity index (χ1) is 9.80. The van der Waals surface area contributed by atoms with Gasteiger partial charge in [0.2, 0.25) is 0 Å². The van der Waals surface area contributed by atoms with E-state index in [1.165, 1.54) is 5.56 Å². The fraction of sp³-hybridized carbons (Fsp3) is 0.200. The van der Waals surface area contributed by atoms with E-state index in [0.717, 1.165) is 27.6 Å². The fourth-order valence-corrected chi connectivity index (χ4v) is 2.88. The second-order valence-electron chi connectivity index (χ2n) is 4.40. The third-order valence-corrected chi connectivity index (χ3v) is 3.94. The van der Waals surface area contributed by atoms with E-state index in [0.29, 0.717) is 6.42 Å². The molecule has 1 aromatic carbocycles. The Bertz CT molecular complexity index is 722. The van der Waals surface area contributed by atoms with Gasteiger partial charge in [0.1, 0.15) is 22.2 Å². The second kappa shape index (κ2) is 5.46. The van der Waals surface area contributed by atoms with Crippen LogP contribution in [0, 0.1) is 0 Å². The minimum absolute atomic E-state index is 0.715. The standard InChI is InChI=1S/C15H15N3OS/c1-16-14-12-7-8-20-15(12)18-13(17-14)9-10-3-5-11(19-2)6-4-10/h3-8H,9H2,1-2H3,(H,16,17,18). The van der Waals surface area contributed by atoms with Crippen LogP contribution in [0.1, 0.15) is 11.4 Å². The van der Waals surface area contributed by atoms with Crippen LogP contribution < -0.4 is 10.1 Å². The van der Waals surface area contributed by atoms with Gasteiger partial charge in [0.15, 0.2) is 0 Å². The highest BCUT2D eigenvalue weighted by molar-refractivity contribution is 7.16. The number of methoxy groups -OCH3 is 1. The molecule has 1 N–H and O–H groups in total. The molecule has 5 heteroatoms. The third kappa shape index (κ3) is 2.44. The highest BCUT2D eigenvalue weighted by atomic mass is 32.1. The van der Waals surface area contributed by atoms with Crippen LogP contribution in [0.2, 0.25) is 0 Å². The average Bonchev–Trinajstić information content (AvgIpc) is 2.95. The van der Waals surface area contributed by atoms with Crippen molar-refractivity contribution in [2.24, 2.45) is 0 Å². The maximum Gasteiger partial charge on any atom is 0.138 e. The van der Waals surface area contributed by atoms with Gasteiger partial charge in [0.05, 0.1) is 12.5 Å². The van der Waals surface area contributed by atoms with E-state index in [1.807, 2.05) is 42.8 Å². The molecule has 0 atom stereocenters.